The van der Waals surface area contributed by atoms with Crippen LogP contribution < -0.4 is 4.72 Å². The van der Waals surface area contributed by atoms with E-state index >= 15 is 0 Å². The van der Waals surface area contributed by atoms with Gasteiger partial charge >= 0.3 is 0 Å². The van der Waals surface area contributed by atoms with E-state index in [1.54, 1.807) is 19.1 Å². The lowest BCUT2D eigenvalue weighted by molar-refractivity contribution is -0.119. The Morgan fingerprint density at radius 1 is 1.40 bits per heavy atom. The Balaban J connectivity index is 2.29. The van der Waals surface area contributed by atoms with Crippen molar-refractivity contribution in [3.8, 4) is 5.69 Å². The number of hydrogen-bond donors (Lipinski definition) is 1. The Morgan fingerprint density at radius 2 is 2.20 bits per heavy atom. The third-order valence-electron chi connectivity index (χ3n) is 2.47. The first-order valence-electron chi connectivity index (χ1n) is 5.92. The van der Waals surface area contributed by atoms with Crippen LogP contribution in [-0.2, 0) is 14.8 Å². The zero-order chi connectivity index (χ0) is 14.6. The summed E-state index contributed by atoms with van der Waals surface area (Å²) in [4.78, 5) is 11.4. The van der Waals surface area contributed by atoms with Gasteiger partial charge in [-0.15, -0.1) is 5.10 Å². The largest absolute Gasteiger partial charge is 0.274 e. The summed E-state index contributed by atoms with van der Waals surface area (Å²) in [5.74, 6) is -0.527. The highest BCUT2D eigenvalue weighted by molar-refractivity contribution is 7.90. The van der Waals surface area contributed by atoms with Gasteiger partial charge in [-0.1, -0.05) is 13.0 Å². The van der Waals surface area contributed by atoms with Gasteiger partial charge in [-0.3, -0.25) is 4.79 Å². The van der Waals surface area contributed by atoms with Crippen molar-refractivity contribution in [3.05, 3.63) is 30.6 Å². The Morgan fingerprint density at radius 3 is 2.85 bits per heavy atom. The van der Waals surface area contributed by atoms with Gasteiger partial charge in [0.25, 0.3) is 10.0 Å². The highest BCUT2D eigenvalue weighted by atomic mass is 32.2. The van der Waals surface area contributed by atoms with Crippen molar-refractivity contribution < 1.29 is 13.2 Å². The standard InChI is InChI=1S/C11H13N5O3S/c1-2-4-11(17)13-20(18,19)10-6-3-5-9(7-10)16-8-12-14-15-16/h3,5-8H,2,4H2,1H3,(H,13,17). The average Bonchev–Trinajstić information content (AvgIpc) is 2.92. The second-order valence-corrected chi connectivity index (χ2v) is 5.71. The van der Waals surface area contributed by atoms with E-state index in [1.165, 1.54) is 23.1 Å². The number of sulfonamides is 1. The van der Waals surface area contributed by atoms with E-state index in [2.05, 4.69) is 15.5 Å². The molecule has 0 spiro atoms. The zero-order valence-corrected chi connectivity index (χ0v) is 11.5. The van der Waals surface area contributed by atoms with Gasteiger partial charge < -0.3 is 0 Å². The summed E-state index contributed by atoms with van der Waals surface area (Å²) < 4.78 is 27.4. The number of tetrazole rings is 1. The first-order valence-corrected chi connectivity index (χ1v) is 7.40. The fraction of sp³-hybridized carbons (Fsp3) is 0.273. The molecule has 0 radical (unpaired) electrons. The Bertz CT molecular complexity index is 697. The van der Waals surface area contributed by atoms with E-state index < -0.39 is 15.9 Å². The van der Waals surface area contributed by atoms with E-state index in [0.29, 0.717) is 12.1 Å². The molecule has 1 N–H and O–H groups in total. The number of carbonyl (C=O) groups is 1. The number of carbonyl (C=O) groups excluding carboxylic acids is 1. The summed E-state index contributed by atoms with van der Waals surface area (Å²) in [5.41, 5.74) is 0.487. The maximum atomic E-state index is 12.0. The first kappa shape index (κ1) is 14.1. The van der Waals surface area contributed by atoms with E-state index in [4.69, 9.17) is 0 Å². The molecule has 0 aliphatic carbocycles. The van der Waals surface area contributed by atoms with Crippen molar-refractivity contribution in [1.82, 2.24) is 24.9 Å². The number of benzene rings is 1. The highest BCUT2D eigenvalue weighted by Gasteiger charge is 2.17. The lowest BCUT2D eigenvalue weighted by Crippen LogP contribution is -2.30. The Labute approximate surface area is 115 Å². The lowest BCUT2D eigenvalue weighted by Gasteiger charge is -2.07. The number of nitrogens with zero attached hydrogens (tertiary/aromatic N) is 4. The van der Waals surface area contributed by atoms with Gasteiger partial charge in [-0.2, -0.15) is 0 Å². The minimum Gasteiger partial charge on any atom is -0.274 e. The van der Waals surface area contributed by atoms with Crippen LogP contribution >= 0.6 is 0 Å². The summed E-state index contributed by atoms with van der Waals surface area (Å²) in [5, 5.41) is 10.6. The molecule has 20 heavy (non-hydrogen) atoms. The smallest absolute Gasteiger partial charge is 0.264 e. The molecular formula is C11H13N5O3S. The quantitative estimate of drug-likeness (QED) is 0.848. The summed E-state index contributed by atoms with van der Waals surface area (Å²) >= 11 is 0. The van der Waals surface area contributed by atoms with Gasteiger partial charge in [0.1, 0.15) is 6.33 Å². The molecule has 2 rings (SSSR count). The summed E-state index contributed by atoms with van der Waals surface area (Å²) in [6, 6.07) is 5.99. The van der Waals surface area contributed by atoms with Crippen molar-refractivity contribution in [1.29, 1.82) is 0 Å². The van der Waals surface area contributed by atoms with Crippen LogP contribution in [-0.4, -0.2) is 34.5 Å². The number of amides is 1. The second kappa shape index (κ2) is 5.78. The molecule has 2 aromatic rings. The minimum absolute atomic E-state index is 0.0186. The van der Waals surface area contributed by atoms with Gasteiger partial charge in [0, 0.05) is 6.42 Å². The maximum Gasteiger partial charge on any atom is 0.264 e. The van der Waals surface area contributed by atoms with Gasteiger partial charge in [0.05, 0.1) is 10.6 Å². The fourth-order valence-electron chi connectivity index (χ4n) is 1.56. The number of rotatable bonds is 5. The van der Waals surface area contributed by atoms with Crippen LogP contribution in [0.5, 0.6) is 0 Å². The third-order valence-corrected chi connectivity index (χ3v) is 3.84. The van der Waals surface area contributed by atoms with E-state index in [1.807, 2.05) is 4.72 Å². The van der Waals surface area contributed by atoms with Crippen LogP contribution in [0.3, 0.4) is 0 Å². The van der Waals surface area contributed by atoms with Crippen LogP contribution in [0.15, 0.2) is 35.5 Å². The van der Waals surface area contributed by atoms with E-state index in [0.717, 1.165) is 0 Å². The molecule has 0 aliphatic heterocycles. The van der Waals surface area contributed by atoms with Crippen molar-refractivity contribution in [3.63, 3.8) is 0 Å². The molecule has 1 amide bonds. The van der Waals surface area contributed by atoms with Gasteiger partial charge in [0.2, 0.25) is 5.91 Å². The molecule has 0 saturated carbocycles. The first-order chi connectivity index (χ1) is 9.53. The molecule has 8 nitrogen and oxygen atoms in total. The van der Waals surface area contributed by atoms with E-state index in [-0.39, 0.29) is 11.3 Å². The number of hydrogen-bond acceptors (Lipinski definition) is 6. The van der Waals surface area contributed by atoms with Crippen LogP contribution in [0.4, 0.5) is 0 Å². The molecule has 0 bridgehead atoms. The Hall–Kier alpha value is -2.29. The molecule has 1 aromatic heterocycles. The molecule has 0 unspecified atom stereocenters. The molecule has 0 fully saturated rings. The molecule has 1 aromatic carbocycles. The fourth-order valence-corrected chi connectivity index (χ4v) is 2.61. The normalized spacial score (nSPS) is 11.2. The molecule has 1 heterocycles. The third kappa shape index (κ3) is 3.18. The summed E-state index contributed by atoms with van der Waals surface area (Å²) in [7, 11) is -3.88. The minimum atomic E-state index is -3.88. The van der Waals surface area contributed by atoms with Crippen molar-refractivity contribution in [2.24, 2.45) is 0 Å². The molecular weight excluding hydrogens is 282 g/mol. The van der Waals surface area contributed by atoms with Crippen LogP contribution in [0.1, 0.15) is 19.8 Å². The molecule has 0 aliphatic rings. The maximum absolute atomic E-state index is 12.0. The van der Waals surface area contributed by atoms with Crippen molar-refractivity contribution in [2.45, 2.75) is 24.7 Å². The number of aromatic nitrogens is 4. The summed E-state index contributed by atoms with van der Waals surface area (Å²) in [6.07, 6.45) is 2.08. The summed E-state index contributed by atoms with van der Waals surface area (Å²) in [6.45, 7) is 1.80. The molecule has 0 saturated heterocycles. The predicted octanol–water partition coefficient (Wildman–Crippen LogP) is 0.267. The van der Waals surface area contributed by atoms with Crippen molar-refractivity contribution in [2.75, 3.05) is 0 Å². The Kier molecular flexibility index (Phi) is 4.08. The SMILES string of the molecule is CCCC(=O)NS(=O)(=O)c1cccc(-n2cnnn2)c1. The molecule has 106 valence electrons. The van der Waals surface area contributed by atoms with Gasteiger partial charge in [-0.05, 0) is 35.0 Å². The number of nitrogens with one attached hydrogen (secondary N) is 1. The zero-order valence-electron chi connectivity index (χ0n) is 10.7. The molecule has 0 atom stereocenters. The van der Waals surface area contributed by atoms with Crippen LogP contribution in [0.25, 0.3) is 5.69 Å². The molecule has 9 heteroatoms. The van der Waals surface area contributed by atoms with Gasteiger partial charge in [0.15, 0.2) is 0 Å². The highest BCUT2D eigenvalue weighted by Crippen LogP contribution is 2.13. The van der Waals surface area contributed by atoms with Crippen LogP contribution in [0, 0.1) is 0 Å². The predicted molar refractivity (Wildman–Crippen MR) is 69.4 cm³/mol. The monoisotopic (exact) mass is 295 g/mol. The van der Waals surface area contributed by atoms with E-state index in [9.17, 15) is 13.2 Å². The van der Waals surface area contributed by atoms with Crippen molar-refractivity contribution >= 4 is 15.9 Å². The van der Waals surface area contributed by atoms with Crippen LogP contribution in [0.2, 0.25) is 0 Å². The van der Waals surface area contributed by atoms with Gasteiger partial charge in [-0.25, -0.2) is 17.8 Å². The lowest BCUT2D eigenvalue weighted by atomic mass is 10.3. The second-order valence-electron chi connectivity index (χ2n) is 4.03. The average molecular weight is 295 g/mol. The topological polar surface area (TPSA) is 107 Å².